The van der Waals surface area contributed by atoms with Gasteiger partial charge >= 0.3 is 0 Å². The number of hydrogen-bond acceptors (Lipinski definition) is 3. The van der Waals surface area contributed by atoms with E-state index < -0.39 is 5.82 Å². The molecule has 106 valence electrons. The number of halogens is 3. The second kappa shape index (κ2) is 5.72. The van der Waals surface area contributed by atoms with E-state index in [4.69, 9.17) is 23.2 Å². The van der Waals surface area contributed by atoms with E-state index in [9.17, 15) is 4.39 Å². The van der Waals surface area contributed by atoms with Crippen LogP contribution in [0.15, 0.2) is 35.7 Å². The zero-order valence-corrected chi connectivity index (χ0v) is 13.2. The Morgan fingerprint density at radius 3 is 2.57 bits per heavy atom. The smallest absolute Gasteiger partial charge is 0.160 e. The molecule has 0 aliphatic carbocycles. The molecule has 0 atom stereocenters. The van der Waals surface area contributed by atoms with Gasteiger partial charge in [0.05, 0.1) is 10.7 Å². The quantitative estimate of drug-likeness (QED) is 0.605. The first-order chi connectivity index (χ1) is 10.1. The highest BCUT2D eigenvalue weighted by atomic mass is 35.5. The van der Waals surface area contributed by atoms with Crippen LogP contribution in [0.3, 0.4) is 0 Å². The minimum Gasteiger partial charge on any atom is -0.207 e. The molecule has 6 heteroatoms. The van der Waals surface area contributed by atoms with Crippen LogP contribution < -0.4 is 0 Å². The third kappa shape index (κ3) is 2.67. The standard InChI is InChI=1S/C15H9Cl2FN2S/c1-8-13(12-3-2-6-21-12)14(15(17)20-19-8)10-5-4-9(18)7-11(10)16/h2-7H,1H3. The largest absolute Gasteiger partial charge is 0.207 e. The van der Waals surface area contributed by atoms with Crippen molar-refractivity contribution in [1.29, 1.82) is 0 Å². The second-order valence-electron chi connectivity index (χ2n) is 4.43. The van der Waals surface area contributed by atoms with Crippen LogP contribution in [0.1, 0.15) is 5.69 Å². The van der Waals surface area contributed by atoms with Crippen LogP contribution in [0.25, 0.3) is 21.6 Å². The number of nitrogens with zero attached hydrogens (tertiary/aromatic N) is 2. The van der Waals surface area contributed by atoms with Crippen molar-refractivity contribution in [3.63, 3.8) is 0 Å². The summed E-state index contributed by atoms with van der Waals surface area (Å²) in [5, 5.41) is 10.5. The van der Waals surface area contributed by atoms with Crippen molar-refractivity contribution < 1.29 is 4.39 Å². The molecule has 0 radical (unpaired) electrons. The van der Waals surface area contributed by atoms with Crippen molar-refractivity contribution in [3.8, 4) is 21.6 Å². The van der Waals surface area contributed by atoms with Gasteiger partial charge in [-0.2, -0.15) is 5.10 Å². The third-order valence-corrected chi connectivity index (χ3v) is 4.54. The molecule has 0 saturated heterocycles. The minimum atomic E-state index is -0.392. The van der Waals surface area contributed by atoms with Crippen molar-refractivity contribution in [2.45, 2.75) is 6.92 Å². The first kappa shape index (κ1) is 14.4. The second-order valence-corrected chi connectivity index (χ2v) is 6.14. The number of rotatable bonds is 2. The monoisotopic (exact) mass is 338 g/mol. The summed E-state index contributed by atoms with van der Waals surface area (Å²) in [6.07, 6.45) is 0. The number of aryl methyl sites for hydroxylation is 1. The Morgan fingerprint density at radius 2 is 1.90 bits per heavy atom. The summed E-state index contributed by atoms with van der Waals surface area (Å²) in [4.78, 5) is 1.01. The highest BCUT2D eigenvalue weighted by molar-refractivity contribution is 7.13. The van der Waals surface area contributed by atoms with Gasteiger partial charge in [-0.15, -0.1) is 16.4 Å². The van der Waals surface area contributed by atoms with Crippen molar-refractivity contribution >= 4 is 34.5 Å². The van der Waals surface area contributed by atoms with E-state index in [-0.39, 0.29) is 5.15 Å². The van der Waals surface area contributed by atoms with Crippen LogP contribution in [0.5, 0.6) is 0 Å². The molecule has 2 heterocycles. The van der Waals surface area contributed by atoms with E-state index in [1.807, 2.05) is 24.4 Å². The fourth-order valence-corrected chi connectivity index (χ4v) is 3.49. The SMILES string of the molecule is Cc1nnc(Cl)c(-c2ccc(F)cc2Cl)c1-c1cccs1. The van der Waals surface area contributed by atoms with E-state index in [0.717, 1.165) is 16.1 Å². The summed E-state index contributed by atoms with van der Waals surface area (Å²) in [7, 11) is 0. The summed E-state index contributed by atoms with van der Waals surface area (Å²) >= 11 is 14.0. The van der Waals surface area contributed by atoms with Gasteiger partial charge in [0.2, 0.25) is 0 Å². The number of benzene rings is 1. The van der Waals surface area contributed by atoms with Crippen molar-refractivity contribution in [2.75, 3.05) is 0 Å². The van der Waals surface area contributed by atoms with Crippen molar-refractivity contribution in [2.24, 2.45) is 0 Å². The number of thiophene rings is 1. The molecule has 3 aromatic rings. The van der Waals surface area contributed by atoms with Crippen molar-refractivity contribution in [1.82, 2.24) is 10.2 Å². The Labute approximate surface area is 135 Å². The Kier molecular flexibility index (Phi) is 3.93. The molecule has 0 aliphatic heterocycles. The maximum absolute atomic E-state index is 13.3. The molecule has 1 aromatic carbocycles. The van der Waals surface area contributed by atoms with Crippen LogP contribution in [0.2, 0.25) is 10.2 Å². The average Bonchev–Trinajstić information content (AvgIpc) is 2.95. The van der Waals surface area contributed by atoms with Gasteiger partial charge in [-0.3, -0.25) is 0 Å². The van der Waals surface area contributed by atoms with Crippen LogP contribution in [0, 0.1) is 12.7 Å². The molecule has 0 N–H and O–H groups in total. The van der Waals surface area contributed by atoms with E-state index in [1.54, 1.807) is 17.4 Å². The van der Waals surface area contributed by atoms with E-state index in [2.05, 4.69) is 10.2 Å². The van der Waals surface area contributed by atoms with Crippen LogP contribution in [0.4, 0.5) is 4.39 Å². The van der Waals surface area contributed by atoms with Crippen molar-refractivity contribution in [3.05, 3.63) is 57.4 Å². The van der Waals surface area contributed by atoms with E-state index >= 15 is 0 Å². The van der Waals surface area contributed by atoms with Gasteiger partial charge in [-0.25, -0.2) is 4.39 Å². The molecule has 0 bridgehead atoms. The molecular weight excluding hydrogens is 330 g/mol. The molecule has 0 aliphatic rings. The van der Waals surface area contributed by atoms with Gasteiger partial charge in [-0.05, 0) is 36.6 Å². The molecule has 0 unspecified atom stereocenters. The highest BCUT2D eigenvalue weighted by Gasteiger charge is 2.19. The normalized spacial score (nSPS) is 10.9. The van der Waals surface area contributed by atoms with Crippen LogP contribution >= 0.6 is 34.5 Å². The van der Waals surface area contributed by atoms with Gasteiger partial charge in [0.25, 0.3) is 0 Å². The molecule has 0 amide bonds. The third-order valence-electron chi connectivity index (χ3n) is 3.07. The predicted octanol–water partition coefficient (Wildman–Crippen LogP) is 5.63. The Morgan fingerprint density at radius 1 is 1.10 bits per heavy atom. The molecule has 0 saturated carbocycles. The van der Waals surface area contributed by atoms with Gasteiger partial charge < -0.3 is 0 Å². The maximum atomic E-state index is 13.3. The average molecular weight is 339 g/mol. The Balaban J connectivity index is 2.34. The predicted molar refractivity (Wildman–Crippen MR) is 85.5 cm³/mol. The molecular formula is C15H9Cl2FN2S. The zero-order chi connectivity index (χ0) is 15.0. The molecule has 0 fully saturated rings. The lowest BCUT2D eigenvalue weighted by molar-refractivity contribution is 0.628. The van der Waals surface area contributed by atoms with E-state index in [1.165, 1.54) is 12.1 Å². The lowest BCUT2D eigenvalue weighted by Crippen LogP contribution is -1.97. The molecule has 0 spiro atoms. The number of aromatic nitrogens is 2. The molecule has 2 nitrogen and oxygen atoms in total. The van der Waals surface area contributed by atoms with Gasteiger partial charge in [-0.1, -0.05) is 29.3 Å². The summed E-state index contributed by atoms with van der Waals surface area (Å²) in [6.45, 7) is 1.86. The fraction of sp³-hybridized carbons (Fsp3) is 0.0667. The Hall–Kier alpha value is -1.49. The topological polar surface area (TPSA) is 25.8 Å². The van der Waals surface area contributed by atoms with Gasteiger partial charge in [0, 0.05) is 21.6 Å². The highest BCUT2D eigenvalue weighted by Crippen LogP contribution is 2.42. The molecule has 21 heavy (non-hydrogen) atoms. The summed E-state index contributed by atoms with van der Waals surface area (Å²) in [5.74, 6) is -0.392. The lowest BCUT2D eigenvalue weighted by Gasteiger charge is -2.13. The molecule has 2 aromatic heterocycles. The van der Waals surface area contributed by atoms with Gasteiger partial charge in [0.15, 0.2) is 5.15 Å². The first-order valence-corrected chi connectivity index (χ1v) is 7.73. The summed E-state index contributed by atoms with van der Waals surface area (Å²) in [5.41, 5.74) is 2.94. The maximum Gasteiger partial charge on any atom is 0.160 e. The fourth-order valence-electron chi connectivity index (χ4n) is 2.16. The minimum absolute atomic E-state index is 0.248. The van der Waals surface area contributed by atoms with Gasteiger partial charge in [0.1, 0.15) is 5.82 Å². The molecule has 3 rings (SSSR count). The number of hydrogen-bond donors (Lipinski definition) is 0. The Bertz CT molecular complexity index is 804. The van der Waals surface area contributed by atoms with Crippen LogP contribution in [-0.4, -0.2) is 10.2 Å². The summed E-state index contributed by atoms with van der Waals surface area (Å²) < 4.78 is 13.3. The zero-order valence-electron chi connectivity index (χ0n) is 10.9. The first-order valence-electron chi connectivity index (χ1n) is 6.10. The van der Waals surface area contributed by atoms with E-state index in [0.29, 0.717) is 16.1 Å². The van der Waals surface area contributed by atoms with Crippen LogP contribution in [-0.2, 0) is 0 Å². The lowest BCUT2D eigenvalue weighted by atomic mass is 9.99. The summed E-state index contributed by atoms with van der Waals surface area (Å²) in [6, 6.07) is 8.15.